The van der Waals surface area contributed by atoms with Gasteiger partial charge in [0.1, 0.15) is 5.54 Å². The van der Waals surface area contributed by atoms with Gasteiger partial charge in [-0.15, -0.1) is 0 Å². The quantitative estimate of drug-likeness (QED) is 0.618. The number of hydrogen-bond acceptors (Lipinski definition) is 8. The molecular weight excluding hydrogens is 414 g/mol. The van der Waals surface area contributed by atoms with Gasteiger partial charge >= 0.3 is 6.16 Å². The fourth-order valence-electron chi connectivity index (χ4n) is 4.63. The fourth-order valence-corrected chi connectivity index (χ4v) is 4.63. The molecule has 0 radical (unpaired) electrons. The zero-order valence-corrected chi connectivity index (χ0v) is 19.2. The molecule has 9 nitrogen and oxygen atoms in total. The number of carbonyl (C=O) groups is 2. The first-order chi connectivity index (χ1) is 15.3. The number of aryl methyl sites for hydroxylation is 3. The summed E-state index contributed by atoms with van der Waals surface area (Å²) in [6.07, 6.45) is -0.105. The number of nitrogens with zero attached hydrogens (tertiary/aromatic N) is 3. The minimum absolute atomic E-state index is 0.136. The molecule has 2 aliphatic rings. The van der Waals surface area contributed by atoms with Gasteiger partial charge < -0.3 is 14.3 Å². The van der Waals surface area contributed by atoms with Crippen molar-refractivity contribution < 1.29 is 28.7 Å². The number of hydrogen-bond donors (Lipinski definition) is 0. The third-order valence-corrected chi connectivity index (χ3v) is 5.88. The van der Waals surface area contributed by atoms with Crippen LogP contribution < -0.4 is 0 Å². The molecule has 0 N–H and O–H groups in total. The van der Waals surface area contributed by atoms with Crippen molar-refractivity contribution in [2.45, 2.75) is 46.1 Å². The standard InChI is InChI=1S/C23H29N3O6/c1-6-30-22(28)32-20-19(18-16(3)13-15(2)14-17(18)4)21(27)26(31-12-9-24)23(20)7-10-25(29-5)11-8-23/h13-14H,6-8,10-12H2,1-5H3. The number of benzene rings is 1. The molecule has 0 bridgehead atoms. The van der Waals surface area contributed by atoms with E-state index in [9.17, 15) is 9.59 Å². The normalized spacial score (nSPS) is 18.2. The summed E-state index contributed by atoms with van der Waals surface area (Å²) in [5, 5.41) is 12.1. The molecule has 2 heterocycles. The maximum Gasteiger partial charge on any atom is 0.513 e. The second-order valence-corrected chi connectivity index (χ2v) is 7.94. The molecule has 0 aliphatic carbocycles. The molecule has 3 rings (SSSR count). The van der Waals surface area contributed by atoms with Crippen molar-refractivity contribution in [2.75, 3.05) is 33.4 Å². The van der Waals surface area contributed by atoms with E-state index in [1.807, 2.05) is 39.0 Å². The Morgan fingerprint density at radius 3 is 2.34 bits per heavy atom. The fraction of sp³-hybridized carbons (Fsp3) is 0.522. The Hall–Kier alpha value is -2.93. The van der Waals surface area contributed by atoms with Crippen molar-refractivity contribution in [3.05, 3.63) is 40.1 Å². The van der Waals surface area contributed by atoms with Crippen LogP contribution in [0.5, 0.6) is 0 Å². The Morgan fingerprint density at radius 1 is 1.19 bits per heavy atom. The van der Waals surface area contributed by atoms with E-state index < -0.39 is 17.6 Å². The highest BCUT2D eigenvalue weighted by Gasteiger charge is 2.57. The van der Waals surface area contributed by atoms with Gasteiger partial charge in [0.05, 0.1) is 25.4 Å². The average Bonchev–Trinajstić information content (AvgIpc) is 2.94. The van der Waals surface area contributed by atoms with Crippen molar-refractivity contribution in [1.82, 2.24) is 10.1 Å². The van der Waals surface area contributed by atoms with Gasteiger partial charge in [-0.05, 0) is 57.2 Å². The molecule has 9 heteroatoms. The molecule has 0 saturated carbocycles. The number of piperidine rings is 1. The average molecular weight is 444 g/mol. The third-order valence-electron chi connectivity index (χ3n) is 5.88. The van der Waals surface area contributed by atoms with Crippen molar-refractivity contribution in [2.24, 2.45) is 0 Å². The van der Waals surface area contributed by atoms with Crippen LogP contribution in [0.25, 0.3) is 5.57 Å². The Labute approximate surface area is 188 Å². The molecule has 1 aromatic rings. The lowest BCUT2D eigenvalue weighted by Crippen LogP contribution is -2.55. The Bertz CT molecular complexity index is 949. The summed E-state index contributed by atoms with van der Waals surface area (Å²) in [7, 11) is 1.58. The molecule has 1 spiro atoms. The molecule has 32 heavy (non-hydrogen) atoms. The van der Waals surface area contributed by atoms with Crippen LogP contribution in [-0.4, -0.2) is 61.1 Å². The maximum absolute atomic E-state index is 13.7. The molecule has 0 aromatic heterocycles. The molecule has 172 valence electrons. The molecule has 2 aliphatic heterocycles. The second kappa shape index (κ2) is 9.69. The zero-order valence-electron chi connectivity index (χ0n) is 19.2. The van der Waals surface area contributed by atoms with Crippen LogP contribution >= 0.6 is 0 Å². The summed E-state index contributed by atoms with van der Waals surface area (Å²) < 4.78 is 10.8. The van der Waals surface area contributed by atoms with Gasteiger partial charge in [-0.25, -0.2) is 9.86 Å². The highest BCUT2D eigenvalue weighted by atomic mass is 16.7. The van der Waals surface area contributed by atoms with Crippen LogP contribution in [0.2, 0.25) is 0 Å². The summed E-state index contributed by atoms with van der Waals surface area (Å²) in [4.78, 5) is 37.2. The lowest BCUT2D eigenvalue weighted by atomic mass is 9.84. The van der Waals surface area contributed by atoms with E-state index in [0.29, 0.717) is 31.5 Å². The first-order valence-corrected chi connectivity index (χ1v) is 10.6. The Kier molecular flexibility index (Phi) is 7.19. The van der Waals surface area contributed by atoms with Crippen LogP contribution in [0.3, 0.4) is 0 Å². The van der Waals surface area contributed by atoms with E-state index in [-0.39, 0.29) is 24.5 Å². The smallest absolute Gasteiger partial charge is 0.434 e. The first kappa shape index (κ1) is 23.7. The SMILES string of the molecule is CCOC(=O)OC1=C(c2c(C)cc(C)cc2C)C(=O)N(OCC#N)C12CCN(OC)CC2. The molecule has 1 saturated heterocycles. The van der Waals surface area contributed by atoms with E-state index >= 15 is 0 Å². The van der Waals surface area contributed by atoms with E-state index in [4.69, 9.17) is 24.4 Å². The number of nitriles is 1. The van der Waals surface area contributed by atoms with Crippen LogP contribution in [0.4, 0.5) is 4.79 Å². The summed E-state index contributed by atoms with van der Waals surface area (Å²) in [6, 6.07) is 5.87. The van der Waals surface area contributed by atoms with Crippen molar-refractivity contribution >= 4 is 17.6 Å². The molecule has 1 aromatic carbocycles. The molecule has 0 atom stereocenters. The topological polar surface area (TPSA) is 101 Å². The van der Waals surface area contributed by atoms with Gasteiger partial charge in [0.15, 0.2) is 12.4 Å². The van der Waals surface area contributed by atoms with Crippen LogP contribution in [0, 0.1) is 32.1 Å². The lowest BCUT2D eigenvalue weighted by molar-refractivity contribution is -0.227. The predicted molar refractivity (Wildman–Crippen MR) is 115 cm³/mol. The minimum Gasteiger partial charge on any atom is -0.434 e. The van der Waals surface area contributed by atoms with E-state index in [1.165, 1.54) is 5.06 Å². The summed E-state index contributed by atoms with van der Waals surface area (Å²) >= 11 is 0. The highest BCUT2D eigenvalue weighted by molar-refractivity contribution is 6.23. The highest BCUT2D eigenvalue weighted by Crippen LogP contribution is 2.48. The van der Waals surface area contributed by atoms with Crippen molar-refractivity contribution in [1.29, 1.82) is 5.26 Å². The summed E-state index contributed by atoms with van der Waals surface area (Å²) in [6.45, 7) is 8.27. The van der Waals surface area contributed by atoms with Gasteiger partial charge in [0.2, 0.25) is 0 Å². The lowest BCUT2D eigenvalue weighted by Gasteiger charge is -2.43. The third kappa shape index (κ3) is 4.21. The molecule has 1 fully saturated rings. The largest absolute Gasteiger partial charge is 0.513 e. The van der Waals surface area contributed by atoms with Crippen molar-refractivity contribution in [3.63, 3.8) is 0 Å². The summed E-state index contributed by atoms with van der Waals surface area (Å²) in [5.41, 5.74) is 2.70. The number of ether oxygens (including phenoxy) is 2. The van der Waals surface area contributed by atoms with Gasteiger partial charge in [-0.3, -0.25) is 9.63 Å². The van der Waals surface area contributed by atoms with Crippen molar-refractivity contribution in [3.8, 4) is 6.07 Å². The monoisotopic (exact) mass is 443 g/mol. The van der Waals surface area contributed by atoms with Gasteiger partial charge in [-0.2, -0.15) is 10.3 Å². The Morgan fingerprint density at radius 2 is 1.81 bits per heavy atom. The van der Waals surface area contributed by atoms with Crippen LogP contribution in [0.1, 0.15) is 42.0 Å². The summed E-state index contributed by atoms with van der Waals surface area (Å²) in [5.74, 6) is -0.245. The zero-order chi connectivity index (χ0) is 23.5. The predicted octanol–water partition coefficient (Wildman–Crippen LogP) is 3.19. The van der Waals surface area contributed by atoms with Crippen LogP contribution in [0.15, 0.2) is 17.9 Å². The number of hydroxylamine groups is 4. The van der Waals surface area contributed by atoms with E-state index in [0.717, 1.165) is 16.7 Å². The second-order valence-electron chi connectivity index (χ2n) is 7.94. The van der Waals surface area contributed by atoms with E-state index in [2.05, 4.69) is 0 Å². The maximum atomic E-state index is 13.7. The van der Waals surface area contributed by atoms with Crippen LogP contribution in [-0.2, 0) is 23.9 Å². The number of amides is 1. The van der Waals surface area contributed by atoms with Gasteiger partial charge in [0.25, 0.3) is 5.91 Å². The molecule has 0 unspecified atom stereocenters. The first-order valence-electron chi connectivity index (χ1n) is 10.6. The minimum atomic E-state index is -1.06. The van der Waals surface area contributed by atoms with Gasteiger partial charge in [0, 0.05) is 13.1 Å². The molecular formula is C23H29N3O6. The number of rotatable bonds is 6. The van der Waals surface area contributed by atoms with E-state index in [1.54, 1.807) is 19.1 Å². The van der Waals surface area contributed by atoms with Gasteiger partial charge in [-0.1, -0.05) is 17.7 Å². The number of carbonyl (C=O) groups excluding carboxylic acids is 2. The Balaban J connectivity index is 2.22. The molecule has 1 amide bonds.